The van der Waals surface area contributed by atoms with Gasteiger partial charge < -0.3 is 24.8 Å². The fourth-order valence-corrected chi connectivity index (χ4v) is 3.60. The van der Waals surface area contributed by atoms with Crippen LogP contribution in [0.2, 0.25) is 0 Å². The Morgan fingerprint density at radius 3 is 2.29 bits per heavy atom. The summed E-state index contributed by atoms with van der Waals surface area (Å²) in [6, 6.07) is 7.10. The van der Waals surface area contributed by atoms with E-state index in [4.69, 9.17) is 14.2 Å². The van der Waals surface area contributed by atoms with Crippen molar-refractivity contribution in [3.05, 3.63) is 67.0 Å². The predicted molar refractivity (Wildman–Crippen MR) is 128 cm³/mol. The Kier molecular flexibility index (Phi) is 7.71. The predicted octanol–water partition coefficient (Wildman–Crippen LogP) is 1.21. The Morgan fingerprint density at radius 1 is 0.971 bits per heavy atom. The zero-order valence-electron chi connectivity index (χ0n) is 19.2. The van der Waals surface area contributed by atoms with Crippen molar-refractivity contribution in [1.82, 2.24) is 9.13 Å². The van der Waals surface area contributed by atoms with Crippen molar-refractivity contribution in [3.63, 3.8) is 0 Å². The van der Waals surface area contributed by atoms with E-state index in [2.05, 4.69) is 10.6 Å². The molecule has 3 aromatic rings. The Labute approximate surface area is 202 Å². The lowest BCUT2D eigenvalue weighted by atomic mass is 10.1. The van der Waals surface area contributed by atoms with E-state index < -0.39 is 35.6 Å². The van der Waals surface area contributed by atoms with Gasteiger partial charge >= 0.3 is 11.7 Å². The third-order valence-electron chi connectivity index (χ3n) is 4.86. The van der Waals surface area contributed by atoms with E-state index in [1.165, 1.54) is 51.8 Å². The maximum atomic E-state index is 12.8. The quantitative estimate of drug-likeness (QED) is 0.437. The van der Waals surface area contributed by atoms with Crippen molar-refractivity contribution in [2.75, 3.05) is 31.5 Å². The molecule has 2 heterocycles. The zero-order valence-corrected chi connectivity index (χ0v) is 20.1. The number of carbonyl (C=O) groups excluding carboxylic acids is 3. The summed E-state index contributed by atoms with van der Waals surface area (Å²) in [7, 11) is 5.44. The normalized spacial score (nSPS) is 10.4. The van der Waals surface area contributed by atoms with Gasteiger partial charge in [-0.15, -0.1) is 11.3 Å². The van der Waals surface area contributed by atoms with Crippen LogP contribution >= 0.6 is 11.3 Å². The molecule has 13 heteroatoms. The number of anilines is 2. The molecule has 0 fully saturated rings. The molecule has 0 aliphatic carbocycles. The van der Waals surface area contributed by atoms with Gasteiger partial charge in [0.2, 0.25) is 0 Å². The fraction of sp³-hybridized carbons (Fsp3) is 0.227. The third kappa shape index (κ3) is 5.58. The average molecular weight is 503 g/mol. The average Bonchev–Trinajstić information content (AvgIpc) is 3.39. The molecule has 1 aromatic carbocycles. The van der Waals surface area contributed by atoms with Gasteiger partial charge in [-0.25, -0.2) is 9.59 Å². The maximum Gasteiger partial charge on any atom is 0.340 e. The summed E-state index contributed by atoms with van der Waals surface area (Å²) in [5.74, 6) is -1.77. The van der Waals surface area contributed by atoms with Crippen LogP contribution in [0.1, 0.15) is 20.0 Å². The summed E-state index contributed by atoms with van der Waals surface area (Å²) in [4.78, 5) is 61.9. The number of hydrogen-bond acceptors (Lipinski definition) is 9. The third-order valence-corrected chi connectivity index (χ3v) is 5.73. The van der Waals surface area contributed by atoms with Crippen molar-refractivity contribution >= 4 is 40.6 Å². The lowest BCUT2D eigenvalue weighted by molar-refractivity contribution is -0.119. The molecule has 0 spiro atoms. The van der Waals surface area contributed by atoms with Crippen LogP contribution in [0.25, 0.3) is 0 Å². The topological polar surface area (TPSA) is 147 Å². The molecule has 0 saturated heterocycles. The molecule has 0 bridgehead atoms. The molecule has 2 N–H and O–H groups in total. The Morgan fingerprint density at radius 2 is 1.66 bits per heavy atom. The molecule has 35 heavy (non-hydrogen) atoms. The van der Waals surface area contributed by atoms with Crippen LogP contribution in [0.5, 0.6) is 11.5 Å². The molecule has 0 saturated carbocycles. The highest BCUT2D eigenvalue weighted by Crippen LogP contribution is 2.34. The second-order valence-corrected chi connectivity index (χ2v) is 8.02. The number of methoxy groups -OCH3 is 2. The molecule has 0 unspecified atom stereocenters. The number of aromatic nitrogens is 2. The van der Waals surface area contributed by atoms with Crippen molar-refractivity contribution < 1.29 is 28.6 Å². The summed E-state index contributed by atoms with van der Waals surface area (Å²) in [6.45, 7) is -0.727. The minimum Gasteiger partial charge on any atom is -0.493 e. The first-order valence-corrected chi connectivity index (χ1v) is 10.9. The minimum atomic E-state index is -0.930. The summed E-state index contributed by atoms with van der Waals surface area (Å²) >= 11 is 1.22. The summed E-state index contributed by atoms with van der Waals surface area (Å²) in [6.07, 6.45) is 0. The zero-order chi connectivity index (χ0) is 25.7. The lowest BCUT2D eigenvalue weighted by Crippen LogP contribution is -2.38. The van der Waals surface area contributed by atoms with Gasteiger partial charge in [-0.05, 0) is 11.4 Å². The van der Waals surface area contributed by atoms with Crippen molar-refractivity contribution in [2.45, 2.75) is 0 Å². The van der Waals surface area contributed by atoms with E-state index in [0.29, 0.717) is 4.88 Å². The number of thiophene rings is 1. The van der Waals surface area contributed by atoms with Crippen LogP contribution < -0.4 is 31.4 Å². The molecular formula is C22H22N4O8S. The molecule has 12 nitrogen and oxygen atoms in total. The van der Waals surface area contributed by atoms with Gasteiger partial charge in [-0.2, -0.15) is 0 Å². The molecular weight excluding hydrogens is 480 g/mol. The molecule has 2 amide bonds. The van der Waals surface area contributed by atoms with E-state index in [9.17, 15) is 24.0 Å². The monoisotopic (exact) mass is 502 g/mol. The van der Waals surface area contributed by atoms with Crippen molar-refractivity contribution in [3.8, 4) is 11.5 Å². The van der Waals surface area contributed by atoms with Crippen LogP contribution in [0.4, 0.5) is 11.5 Å². The lowest BCUT2D eigenvalue weighted by Gasteiger charge is -2.15. The SMILES string of the molecule is COc1cc(NC(=O)c2cccs2)c(C(=O)OCC(=O)Nc2cc(=O)n(C)c(=O)n2C)cc1OC. The number of rotatable bonds is 8. The number of nitrogens with zero attached hydrogens (tertiary/aromatic N) is 2. The van der Waals surface area contributed by atoms with Crippen LogP contribution in [0.3, 0.4) is 0 Å². The van der Waals surface area contributed by atoms with E-state index in [1.54, 1.807) is 17.5 Å². The molecule has 2 aromatic heterocycles. The number of ether oxygens (including phenoxy) is 3. The standard InChI is InChI=1S/C22H22N4O8S/c1-25-17(10-19(28)26(2)22(25)31)24-18(27)11-34-21(30)12-8-14(32-3)15(33-4)9-13(12)23-20(29)16-6-5-7-35-16/h5-10H,11H2,1-4H3,(H,23,29)(H,24,27). The summed E-state index contributed by atoms with van der Waals surface area (Å²) < 4.78 is 17.5. The Balaban J connectivity index is 1.80. The smallest absolute Gasteiger partial charge is 0.340 e. The van der Waals surface area contributed by atoms with Gasteiger partial charge in [-0.1, -0.05) is 6.07 Å². The van der Waals surface area contributed by atoms with Crippen LogP contribution in [0, 0.1) is 0 Å². The fourth-order valence-electron chi connectivity index (χ4n) is 2.98. The highest BCUT2D eigenvalue weighted by atomic mass is 32.1. The first-order chi connectivity index (χ1) is 16.7. The molecule has 184 valence electrons. The van der Waals surface area contributed by atoms with Crippen LogP contribution in [-0.2, 0) is 23.6 Å². The van der Waals surface area contributed by atoms with Gasteiger partial charge in [0, 0.05) is 32.3 Å². The maximum absolute atomic E-state index is 12.8. The molecule has 3 rings (SSSR count). The number of esters is 1. The number of nitrogens with one attached hydrogen (secondary N) is 2. The van der Waals surface area contributed by atoms with E-state index in [-0.39, 0.29) is 28.6 Å². The van der Waals surface area contributed by atoms with E-state index >= 15 is 0 Å². The van der Waals surface area contributed by atoms with Gasteiger partial charge in [0.05, 0.1) is 30.3 Å². The van der Waals surface area contributed by atoms with Gasteiger partial charge in [-0.3, -0.25) is 23.5 Å². The van der Waals surface area contributed by atoms with Gasteiger partial charge in [0.25, 0.3) is 17.4 Å². The summed E-state index contributed by atoms with van der Waals surface area (Å²) in [5.41, 5.74) is -1.25. The van der Waals surface area contributed by atoms with Crippen LogP contribution in [0.15, 0.2) is 45.3 Å². The Hall–Kier alpha value is -4.39. The second-order valence-electron chi connectivity index (χ2n) is 7.08. The highest BCUT2D eigenvalue weighted by molar-refractivity contribution is 7.12. The Bertz CT molecular complexity index is 1390. The van der Waals surface area contributed by atoms with Crippen molar-refractivity contribution in [1.29, 1.82) is 0 Å². The van der Waals surface area contributed by atoms with E-state index in [1.807, 2.05) is 0 Å². The number of carbonyl (C=O) groups is 3. The van der Waals surface area contributed by atoms with Gasteiger partial charge in [0.1, 0.15) is 5.82 Å². The molecule has 0 aliphatic heterocycles. The number of hydrogen-bond donors (Lipinski definition) is 2. The number of benzene rings is 1. The molecule has 0 atom stereocenters. The van der Waals surface area contributed by atoms with Gasteiger partial charge in [0.15, 0.2) is 18.1 Å². The second kappa shape index (κ2) is 10.7. The highest BCUT2D eigenvalue weighted by Gasteiger charge is 2.21. The molecule has 0 radical (unpaired) electrons. The first kappa shape index (κ1) is 25.2. The molecule has 0 aliphatic rings. The largest absolute Gasteiger partial charge is 0.493 e. The number of amides is 2. The van der Waals surface area contributed by atoms with E-state index in [0.717, 1.165) is 15.2 Å². The van der Waals surface area contributed by atoms with Crippen LogP contribution in [-0.4, -0.2) is 47.7 Å². The summed E-state index contributed by atoms with van der Waals surface area (Å²) in [5, 5.41) is 6.72. The minimum absolute atomic E-state index is 0.0610. The van der Waals surface area contributed by atoms with Crippen molar-refractivity contribution in [2.24, 2.45) is 14.1 Å². The first-order valence-electron chi connectivity index (χ1n) is 10.0.